The number of carbonyl (C=O) groups excluding carboxylic acids is 1. The monoisotopic (exact) mass is 169 g/mol. The first kappa shape index (κ1) is 9.42. The quantitative estimate of drug-likeness (QED) is 0.575. The summed E-state index contributed by atoms with van der Waals surface area (Å²) < 4.78 is 5.19. The van der Waals surface area contributed by atoms with Crippen LogP contribution in [0.15, 0.2) is 12.2 Å². The van der Waals surface area contributed by atoms with E-state index in [-0.39, 0.29) is 5.78 Å². The van der Waals surface area contributed by atoms with Gasteiger partial charge in [0.1, 0.15) is 0 Å². The van der Waals surface area contributed by atoms with E-state index in [2.05, 4.69) is 4.90 Å². The normalized spacial score (nSPS) is 20.1. The predicted octanol–water partition coefficient (Wildman–Crippen LogP) is 0.464. The van der Waals surface area contributed by atoms with Crippen molar-refractivity contribution in [2.45, 2.75) is 6.92 Å². The van der Waals surface area contributed by atoms with Gasteiger partial charge >= 0.3 is 0 Å². The standard InChI is InChI=1S/C9H15NO2/c1-9(11)3-2-4-10-5-7-12-8-6-10/h2-3H,4-8H2,1H3. The molecule has 0 atom stereocenters. The minimum Gasteiger partial charge on any atom is -0.379 e. The van der Waals surface area contributed by atoms with E-state index >= 15 is 0 Å². The van der Waals surface area contributed by atoms with Crippen LogP contribution in [0, 0.1) is 0 Å². The van der Waals surface area contributed by atoms with Crippen molar-refractivity contribution in [3.63, 3.8) is 0 Å². The average molecular weight is 169 g/mol. The lowest BCUT2D eigenvalue weighted by molar-refractivity contribution is -0.112. The summed E-state index contributed by atoms with van der Waals surface area (Å²) >= 11 is 0. The van der Waals surface area contributed by atoms with Gasteiger partial charge in [0, 0.05) is 19.6 Å². The van der Waals surface area contributed by atoms with E-state index in [0.717, 1.165) is 32.8 Å². The van der Waals surface area contributed by atoms with Gasteiger partial charge in [-0.3, -0.25) is 9.69 Å². The van der Waals surface area contributed by atoms with Gasteiger partial charge in [0.05, 0.1) is 13.2 Å². The second-order valence-corrected chi connectivity index (χ2v) is 2.93. The van der Waals surface area contributed by atoms with E-state index in [1.165, 1.54) is 0 Å². The molecule has 12 heavy (non-hydrogen) atoms. The zero-order valence-electron chi connectivity index (χ0n) is 7.45. The Morgan fingerprint density at radius 3 is 2.75 bits per heavy atom. The number of morpholine rings is 1. The van der Waals surface area contributed by atoms with Gasteiger partial charge in [-0.15, -0.1) is 0 Å². The number of nitrogens with zero attached hydrogens (tertiary/aromatic N) is 1. The summed E-state index contributed by atoms with van der Waals surface area (Å²) in [5, 5.41) is 0. The lowest BCUT2D eigenvalue weighted by Gasteiger charge is -2.24. The zero-order chi connectivity index (χ0) is 8.81. The molecule has 1 saturated heterocycles. The van der Waals surface area contributed by atoms with Gasteiger partial charge in [-0.25, -0.2) is 0 Å². The van der Waals surface area contributed by atoms with E-state index in [9.17, 15) is 4.79 Å². The van der Waals surface area contributed by atoms with Gasteiger partial charge < -0.3 is 4.74 Å². The highest BCUT2D eigenvalue weighted by Gasteiger charge is 2.07. The van der Waals surface area contributed by atoms with Crippen LogP contribution in [-0.4, -0.2) is 43.5 Å². The SMILES string of the molecule is CC(=O)C=CCN1CCOCC1. The minimum atomic E-state index is 0.114. The van der Waals surface area contributed by atoms with Crippen molar-refractivity contribution in [2.24, 2.45) is 0 Å². The van der Waals surface area contributed by atoms with Gasteiger partial charge in [-0.1, -0.05) is 6.08 Å². The molecule has 1 rings (SSSR count). The molecule has 0 aromatic heterocycles. The Bertz CT molecular complexity index is 171. The van der Waals surface area contributed by atoms with Gasteiger partial charge in [0.2, 0.25) is 0 Å². The van der Waals surface area contributed by atoms with Crippen LogP contribution in [0.2, 0.25) is 0 Å². The van der Waals surface area contributed by atoms with Crippen LogP contribution in [0.3, 0.4) is 0 Å². The van der Waals surface area contributed by atoms with Gasteiger partial charge in [-0.05, 0) is 13.0 Å². The van der Waals surface area contributed by atoms with E-state index in [1.807, 2.05) is 6.08 Å². The molecule has 0 radical (unpaired) electrons. The van der Waals surface area contributed by atoms with Crippen LogP contribution in [0.1, 0.15) is 6.92 Å². The first-order valence-electron chi connectivity index (χ1n) is 4.26. The van der Waals surface area contributed by atoms with Crippen molar-refractivity contribution in [1.82, 2.24) is 4.90 Å². The Balaban J connectivity index is 2.17. The average Bonchev–Trinajstić information content (AvgIpc) is 2.05. The number of carbonyl (C=O) groups is 1. The Morgan fingerprint density at radius 2 is 2.17 bits per heavy atom. The first-order valence-corrected chi connectivity index (χ1v) is 4.26. The summed E-state index contributed by atoms with van der Waals surface area (Å²) in [6.07, 6.45) is 3.53. The number of ketones is 1. The smallest absolute Gasteiger partial charge is 0.152 e. The first-order chi connectivity index (χ1) is 5.79. The zero-order valence-corrected chi connectivity index (χ0v) is 7.45. The number of hydrogen-bond donors (Lipinski definition) is 0. The van der Waals surface area contributed by atoms with E-state index in [1.54, 1.807) is 13.0 Å². The van der Waals surface area contributed by atoms with Crippen LogP contribution in [0.5, 0.6) is 0 Å². The highest BCUT2D eigenvalue weighted by Crippen LogP contribution is 1.95. The fourth-order valence-electron chi connectivity index (χ4n) is 1.15. The molecular formula is C9H15NO2. The summed E-state index contributed by atoms with van der Waals surface area (Å²) in [5.41, 5.74) is 0. The number of allylic oxidation sites excluding steroid dienone is 1. The van der Waals surface area contributed by atoms with Crippen LogP contribution >= 0.6 is 0 Å². The van der Waals surface area contributed by atoms with Crippen molar-refractivity contribution in [3.05, 3.63) is 12.2 Å². The molecule has 0 aromatic rings. The molecule has 1 fully saturated rings. The molecule has 0 aromatic carbocycles. The Labute approximate surface area is 73.0 Å². The van der Waals surface area contributed by atoms with Crippen LogP contribution in [0.4, 0.5) is 0 Å². The summed E-state index contributed by atoms with van der Waals surface area (Å²) in [6.45, 7) is 6.01. The number of ether oxygens (including phenoxy) is 1. The third-order valence-electron chi connectivity index (χ3n) is 1.82. The second-order valence-electron chi connectivity index (χ2n) is 2.93. The van der Waals surface area contributed by atoms with Crippen LogP contribution < -0.4 is 0 Å². The molecule has 0 aliphatic carbocycles. The van der Waals surface area contributed by atoms with Crippen LogP contribution in [-0.2, 0) is 9.53 Å². The Morgan fingerprint density at radius 1 is 1.50 bits per heavy atom. The van der Waals surface area contributed by atoms with Crippen molar-refractivity contribution in [2.75, 3.05) is 32.8 Å². The largest absolute Gasteiger partial charge is 0.379 e. The number of hydrogen-bond acceptors (Lipinski definition) is 3. The maximum Gasteiger partial charge on any atom is 0.152 e. The topological polar surface area (TPSA) is 29.5 Å². The summed E-state index contributed by atoms with van der Waals surface area (Å²) in [6, 6.07) is 0. The van der Waals surface area contributed by atoms with Crippen molar-refractivity contribution >= 4 is 5.78 Å². The second kappa shape index (κ2) is 5.06. The molecule has 0 bridgehead atoms. The third-order valence-corrected chi connectivity index (χ3v) is 1.82. The molecule has 0 saturated carbocycles. The Hall–Kier alpha value is -0.670. The highest BCUT2D eigenvalue weighted by molar-refractivity contribution is 5.87. The molecule has 1 aliphatic heterocycles. The lowest BCUT2D eigenvalue weighted by atomic mass is 10.3. The highest BCUT2D eigenvalue weighted by atomic mass is 16.5. The Kier molecular flexibility index (Phi) is 3.97. The van der Waals surface area contributed by atoms with Crippen molar-refractivity contribution in [1.29, 1.82) is 0 Å². The molecule has 0 N–H and O–H groups in total. The molecule has 0 amide bonds. The fraction of sp³-hybridized carbons (Fsp3) is 0.667. The van der Waals surface area contributed by atoms with Crippen molar-refractivity contribution in [3.8, 4) is 0 Å². The summed E-state index contributed by atoms with van der Waals surface area (Å²) in [4.78, 5) is 12.8. The fourth-order valence-corrected chi connectivity index (χ4v) is 1.15. The maximum atomic E-state index is 10.6. The van der Waals surface area contributed by atoms with E-state index in [4.69, 9.17) is 4.74 Å². The van der Waals surface area contributed by atoms with Crippen LogP contribution in [0.25, 0.3) is 0 Å². The van der Waals surface area contributed by atoms with E-state index in [0.29, 0.717) is 0 Å². The third kappa shape index (κ3) is 3.64. The molecule has 1 heterocycles. The van der Waals surface area contributed by atoms with E-state index < -0.39 is 0 Å². The minimum absolute atomic E-state index is 0.114. The maximum absolute atomic E-state index is 10.6. The van der Waals surface area contributed by atoms with Gasteiger partial charge in [0.25, 0.3) is 0 Å². The summed E-state index contributed by atoms with van der Waals surface area (Å²) in [5.74, 6) is 0.114. The molecule has 0 unspecified atom stereocenters. The van der Waals surface area contributed by atoms with Crippen molar-refractivity contribution < 1.29 is 9.53 Å². The molecule has 0 spiro atoms. The lowest BCUT2D eigenvalue weighted by Crippen LogP contribution is -2.36. The molecule has 1 aliphatic rings. The molecule has 68 valence electrons. The number of rotatable bonds is 3. The molecular weight excluding hydrogens is 154 g/mol. The summed E-state index contributed by atoms with van der Waals surface area (Å²) in [7, 11) is 0. The molecule has 3 heteroatoms. The van der Waals surface area contributed by atoms with Gasteiger partial charge in [-0.2, -0.15) is 0 Å². The van der Waals surface area contributed by atoms with Gasteiger partial charge in [0.15, 0.2) is 5.78 Å². The molecule has 3 nitrogen and oxygen atoms in total. The predicted molar refractivity (Wildman–Crippen MR) is 47.1 cm³/mol.